The van der Waals surface area contributed by atoms with Crippen molar-refractivity contribution in [1.82, 2.24) is 5.32 Å². The van der Waals surface area contributed by atoms with Gasteiger partial charge in [0.25, 0.3) is 0 Å². The van der Waals surface area contributed by atoms with Crippen LogP contribution < -0.4 is 5.32 Å². The van der Waals surface area contributed by atoms with Crippen molar-refractivity contribution in [1.29, 1.82) is 0 Å². The summed E-state index contributed by atoms with van der Waals surface area (Å²) >= 11 is 0. The zero-order chi connectivity index (χ0) is 19.6. The first-order valence-corrected chi connectivity index (χ1v) is 8.38. The number of carbonyl (C=O) groups is 1. The van der Waals surface area contributed by atoms with Gasteiger partial charge in [0.15, 0.2) is 6.29 Å². The summed E-state index contributed by atoms with van der Waals surface area (Å²) in [6.45, 7) is 1.64. The molecule has 2 aliphatic heterocycles. The molecule has 0 aromatic rings. The average Bonchev–Trinajstić information content (AvgIpc) is 2.60. The predicted molar refractivity (Wildman–Crippen MR) is 83.7 cm³/mol. The fourth-order valence-electron chi connectivity index (χ4n) is 3.21. The Kier molecular flexibility index (Phi) is 7.30. The van der Waals surface area contributed by atoms with Crippen LogP contribution >= 0.6 is 0 Å². The van der Waals surface area contributed by atoms with Crippen LogP contribution in [0.15, 0.2) is 0 Å². The summed E-state index contributed by atoms with van der Waals surface area (Å²) in [6, 6.07) is -1.18. The van der Waals surface area contributed by atoms with Gasteiger partial charge < -0.3 is 50.2 Å². The minimum absolute atomic E-state index is 0.499. The van der Waals surface area contributed by atoms with Gasteiger partial charge in [-0.3, -0.25) is 4.79 Å². The molecule has 0 aromatic carbocycles. The molecule has 0 saturated carbocycles. The molecule has 7 N–H and O–H groups in total. The summed E-state index contributed by atoms with van der Waals surface area (Å²) in [7, 11) is 0. The van der Waals surface area contributed by atoms with E-state index in [1.165, 1.54) is 6.92 Å². The van der Waals surface area contributed by atoms with E-state index in [1.807, 2.05) is 0 Å². The summed E-state index contributed by atoms with van der Waals surface area (Å²) in [5.74, 6) is -0.519. The van der Waals surface area contributed by atoms with Crippen LogP contribution in [0.2, 0.25) is 0 Å². The van der Waals surface area contributed by atoms with Gasteiger partial charge in [-0.2, -0.15) is 0 Å². The fourth-order valence-corrected chi connectivity index (χ4v) is 3.21. The van der Waals surface area contributed by atoms with E-state index in [-0.39, 0.29) is 0 Å². The van der Waals surface area contributed by atoms with Crippen LogP contribution in [0.4, 0.5) is 0 Å². The van der Waals surface area contributed by atoms with E-state index < -0.39 is 80.3 Å². The summed E-state index contributed by atoms with van der Waals surface area (Å²) in [5.41, 5.74) is 0. The molecular weight excluding hydrogens is 354 g/mol. The first kappa shape index (κ1) is 21.4. The lowest BCUT2D eigenvalue weighted by molar-refractivity contribution is -0.320. The van der Waals surface area contributed by atoms with Gasteiger partial charge in [-0.05, 0) is 6.92 Å². The minimum Gasteiger partial charge on any atom is -0.394 e. The SMILES string of the molecule is CC(=O)NC1C(O[C@H]2C(C)OC(CO)[C@@H](O)C2O)OC(CO)[C@@H](O)C1O. The molecule has 0 spiro atoms. The number of aliphatic hydroxyl groups is 6. The van der Waals surface area contributed by atoms with Crippen LogP contribution in [0.25, 0.3) is 0 Å². The molecule has 1 amide bonds. The summed E-state index contributed by atoms with van der Waals surface area (Å²) in [4.78, 5) is 11.4. The third kappa shape index (κ3) is 4.32. The molecule has 2 heterocycles. The lowest BCUT2D eigenvalue weighted by Gasteiger charge is -2.46. The maximum atomic E-state index is 11.4. The molecule has 2 rings (SSSR count). The van der Waals surface area contributed by atoms with Crippen LogP contribution in [-0.4, -0.2) is 111 Å². The van der Waals surface area contributed by atoms with Crippen LogP contribution in [0.1, 0.15) is 13.8 Å². The van der Waals surface area contributed by atoms with E-state index >= 15 is 0 Å². The Morgan fingerprint density at radius 1 is 0.962 bits per heavy atom. The monoisotopic (exact) mass is 381 g/mol. The van der Waals surface area contributed by atoms with E-state index in [0.29, 0.717) is 0 Å². The van der Waals surface area contributed by atoms with Crippen molar-refractivity contribution in [2.24, 2.45) is 0 Å². The number of nitrogens with one attached hydrogen (secondary N) is 1. The fraction of sp³-hybridized carbons (Fsp3) is 0.933. The molecule has 0 radical (unpaired) electrons. The normalized spacial score (nSPS) is 46.8. The summed E-state index contributed by atoms with van der Waals surface area (Å²) < 4.78 is 16.5. The molecule has 7 unspecified atom stereocenters. The van der Waals surface area contributed by atoms with Crippen LogP contribution in [0.3, 0.4) is 0 Å². The standard InChI is InChI=1S/C15H27NO10/c1-5-14(13(23)11(21)7(3-17)24-5)26-15-9(16-6(2)19)12(22)10(20)8(4-18)25-15/h5,7-15,17-18,20-23H,3-4H2,1-2H3,(H,16,19)/t5?,7?,8?,9?,10-,11-,12?,13?,14+,15?/m1/s1. The minimum atomic E-state index is -1.50. The molecule has 2 saturated heterocycles. The van der Waals surface area contributed by atoms with Crippen LogP contribution in [0, 0.1) is 0 Å². The van der Waals surface area contributed by atoms with Gasteiger partial charge in [-0.25, -0.2) is 0 Å². The lowest BCUT2D eigenvalue weighted by atomic mass is 9.94. The predicted octanol–water partition coefficient (Wildman–Crippen LogP) is -4.18. The largest absolute Gasteiger partial charge is 0.394 e. The second-order valence-corrected chi connectivity index (χ2v) is 6.58. The highest BCUT2D eigenvalue weighted by Crippen LogP contribution is 2.29. The van der Waals surface area contributed by atoms with Gasteiger partial charge in [-0.15, -0.1) is 0 Å². The lowest BCUT2D eigenvalue weighted by Crippen LogP contribution is -2.67. The topological polar surface area (TPSA) is 178 Å². The number of hydrogen-bond donors (Lipinski definition) is 7. The molecule has 2 aliphatic rings. The maximum Gasteiger partial charge on any atom is 0.217 e. The quantitative estimate of drug-likeness (QED) is 0.247. The van der Waals surface area contributed by atoms with Gasteiger partial charge in [0.2, 0.25) is 5.91 Å². The number of ether oxygens (including phenoxy) is 3. The van der Waals surface area contributed by atoms with E-state index in [4.69, 9.17) is 14.2 Å². The van der Waals surface area contributed by atoms with E-state index in [2.05, 4.69) is 5.32 Å². The van der Waals surface area contributed by atoms with Crippen LogP contribution in [-0.2, 0) is 19.0 Å². The number of aliphatic hydroxyl groups excluding tert-OH is 6. The molecular formula is C15H27NO10. The van der Waals surface area contributed by atoms with Crippen molar-refractivity contribution in [3.63, 3.8) is 0 Å². The molecule has 0 aliphatic carbocycles. The molecule has 11 nitrogen and oxygen atoms in total. The Labute approximate surface area is 150 Å². The number of rotatable bonds is 5. The second kappa shape index (κ2) is 8.87. The zero-order valence-electron chi connectivity index (χ0n) is 14.5. The Morgan fingerprint density at radius 3 is 2.04 bits per heavy atom. The Hall–Kier alpha value is -0.890. The second-order valence-electron chi connectivity index (χ2n) is 6.58. The first-order chi connectivity index (χ1) is 12.2. The molecule has 26 heavy (non-hydrogen) atoms. The number of amides is 1. The van der Waals surface area contributed by atoms with Crippen molar-refractivity contribution in [3.8, 4) is 0 Å². The van der Waals surface area contributed by atoms with Gasteiger partial charge in [0.05, 0.1) is 19.3 Å². The Balaban J connectivity index is 2.18. The van der Waals surface area contributed by atoms with Crippen molar-refractivity contribution >= 4 is 5.91 Å². The molecule has 152 valence electrons. The molecule has 11 heteroatoms. The molecule has 0 bridgehead atoms. The van der Waals surface area contributed by atoms with Crippen molar-refractivity contribution in [2.75, 3.05) is 13.2 Å². The first-order valence-electron chi connectivity index (χ1n) is 8.38. The average molecular weight is 381 g/mol. The van der Waals surface area contributed by atoms with Gasteiger partial charge >= 0.3 is 0 Å². The summed E-state index contributed by atoms with van der Waals surface area (Å²) in [5, 5.41) is 61.4. The zero-order valence-corrected chi connectivity index (χ0v) is 14.5. The maximum absolute atomic E-state index is 11.4. The summed E-state index contributed by atoms with van der Waals surface area (Å²) in [6.07, 6.45) is -11.2. The van der Waals surface area contributed by atoms with Gasteiger partial charge in [0.1, 0.15) is 48.8 Å². The van der Waals surface area contributed by atoms with Gasteiger partial charge in [0, 0.05) is 6.92 Å². The van der Waals surface area contributed by atoms with Gasteiger partial charge in [-0.1, -0.05) is 0 Å². The Morgan fingerprint density at radius 2 is 1.50 bits per heavy atom. The Bertz CT molecular complexity index is 479. The van der Waals surface area contributed by atoms with Crippen LogP contribution in [0.5, 0.6) is 0 Å². The highest BCUT2D eigenvalue weighted by molar-refractivity contribution is 5.73. The molecule has 2 fully saturated rings. The number of carbonyl (C=O) groups excluding carboxylic acids is 1. The highest BCUT2D eigenvalue weighted by Gasteiger charge is 2.50. The van der Waals surface area contributed by atoms with Crippen molar-refractivity contribution in [3.05, 3.63) is 0 Å². The van der Waals surface area contributed by atoms with E-state index in [1.54, 1.807) is 6.92 Å². The molecule has 0 aromatic heterocycles. The van der Waals surface area contributed by atoms with E-state index in [9.17, 15) is 35.4 Å². The third-order valence-corrected chi connectivity index (χ3v) is 4.64. The molecule has 10 atom stereocenters. The number of hydrogen-bond acceptors (Lipinski definition) is 10. The van der Waals surface area contributed by atoms with Crippen molar-refractivity contribution in [2.45, 2.75) is 75.0 Å². The third-order valence-electron chi connectivity index (χ3n) is 4.64. The smallest absolute Gasteiger partial charge is 0.217 e. The highest BCUT2D eigenvalue weighted by atomic mass is 16.7. The van der Waals surface area contributed by atoms with Crippen molar-refractivity contribution < 1.29 is 49.6 Å². The van der Waals surface area contributed by atoms with E-state index in [0.717, 1.165) is 0 Å².